The molecule has 0 fully saturated rings. The van der Waals surface area contributed by atoms with E-state index in [-0.39, 0.29) is 22.9 Å². The van der Waals surface area contributed by atoms with E-state index in [4.69, 9.17) is 27.9 Å². The van der Waals surface area contributed by atoms with Gasteiger partial charge in [-0.25, -0.2) is 4.79 Å². The SMILES string of the molecule is O=C(OCc1ccc(Cl)cc1)c1cc([N+](=O)[O-])ccc1Cl. The van der Waals surface area contributed by atoms with Crippen LogP contribution in [-0.4, -0.2) is 10.9 Å². The van der Waals surface area contributed by atoms with Crippen LogP contribution in [0.2, 0.25) is 10.0 Å². The minimum atomic E-state index is -0.723. The van der Waals surface area contributed by atoms with E-state index in [1.165, 1.54) is 12.1 Å². The third kappa shape index (κ3) is 3.93. The van der Waals surface area contributed by atoms with E-state index in [1.54, 1.807) is 24.3 Å². The standard InChI is InChI=1S/C14H9Cl2NO4/c15-10-3-1-9(2-4-10)8-21-14(18)12-7-11(17(19)20)5-6-13(12)16/h1-7H,8H2. The van der Waals surface area contributed by atoms with Crippen LogP contribution in [0.1, 0.15) is 15.9 Å². The predicted molar refractivity (Wildman–Crippen MR) is 78.7 cm³/mol. The van der Waals surface area contributed by atoms with Crippen molar-refractivity contribution in [1.82, 2.24) is 0 Å². The second-order valence-corrected chi connectivity index (χ2v) is 4.97. The first-order valence-electron chi connectivity index (χ1n) is 5.83. The van der Waals surface area contributed by atoms with Gasteiger partial charge in [-0.2, -0.15) is 0 Å². The molecule has 0 amide bonds. The lowest BCUT2D eigenvalue weighted by atomic mass is 10.2. The van der Waals surface area contributed by atoms with E-state index < -0.39 is 10.9 Å². The van der Waals surface area contributed by atoms with Gasteiger partial charge in [0.1, 0.15) is 6.61 Å². The molecular formula is C14H9Cl2NO4. The number of ether oxygens (including phenoxy) is 1. The summed E-state index contributed by atoms with van der Waals surface area (Å²) in [6.07, 6.45) is 0. The molecule has 0 aliphatic rings. The van der Waals surface area contributed by atoms with Gasteiger partial charge in [0.2, 0.25) is 0 Å². The fourth-order valence-electron chi connectivity index (χ4n) is 1.59. The Hall–Kier alpha value is -2.11. The second-order valence-electron chi connectivity index (χ2n) is 4.12. The number of nitrogens with zero attached hydrogens (tertiary/aromatic N) is 1. The highest BCUT2D eigenvalue weighted by atomic mass is 35.5. The van der Waals surface area contributed by atoms with Gasteiger partial charge in [-0.15, -0.1) is 0 Å². The number of non-ortho nitro benzene ring substituents is 1. The van der Waals surface area contributed by atoms with Gasteiger partial charge in [0.25, 0.3) is 5.69 Å². The molecule has 0 saturated heterocycles. The molecule has 0 aliphatic carbocycles. The van der Waals surface area contributed by atoms with Crippen LogP contribution in [0.4, 0.5) is 5.69 Å². The normalized spacial score (nSPS) is 10.2. The first kappa shape index (κ1) is 15.3. The van der Waals surface area contributed by atoms with Crippen LogP contribution >= 0.6 is 23.2 Å². The molecule has 21 heavy (non-hydrogen) atoms. The smallest absolute Gasteiger partial charge is 0.340 e. The van der Waals surface area contributed by atoms with Crippen molar-refractivity contribution in [2.75, 3.05) is 0 Å². The third-order valence-electron chi connectivity index (χ3n) is 2.66. The van der Waals surface area contributed by atoms with Crippen molar-refractivity contribution in [2.45, 2.75) is 6.61 Å². The van der Waals surface area contributed by atoms with Gasteiger partial charge in [-0.3, -0.25) is 10.1 Å². The summed E-state index contributed by atoms with van der Waals surface area (Å²) in [7, 11) is 0. The van der Waals surface area contributed by atoms with Gasteiger partial charge in [0, 0.05) is 17.2 Å². The Kier molecular flexibility index (Phi) is 4.77. The van der Waals surface area contributed by atoms with Crippen LogP contribution < -0.4 is 0 Å². The van der Waals surface area contributed by atoms with E-state index in [2.05, 4.69) is 0 Å². The quantitative estimate of drug-likeness (QED) is 0.478. The first-order valence-corrected chi connectivity index (χ1v) is 6.58. The summed E-state index contributed by atoms with van der Waals surface area (Å²) < 4.78 is 5.08. The molecule has 7 heteroatoms. The number of halogens is 2. The van der Waals surface area contributed by atoms with Gasteiger partial charge >= 0.3 is 5.97 Å². The largest absolute Gasteiger partial charge is 0.457 e. The molecule has 2 rings (SSSR count). The molecule has 0 aromatic heterocycles. The second kappa shape index (κ2) is 6.56. The number of nitro groups is 1. The number of hydrogen-bond acceptors (Lipinski definition) is 4. The summed E-state index contributed by atoms with van der Waals surface area (Å²) in [6, 6.07) is 10.4. The number of carbonyl (C=O) groups is 1. The lowest BCUT2D eigenvalue weighted by Gasteiger charge is -2.06. The van der Waals surface area contributed by atoms with Crippen LogP contribution in [0, 0.1) is 10.1 Å². The summed E-state index contributed by atoms with van der Waals surface area (Å²) in [4.78, 5) is 22.0. The summed E-state index contributed by atoms with van der Waals surface area (Å²) in [5, 5.41) is 11.4. The Morgan fingerprint density at radius 1 is 1.14 bits per heavy atom. The van der Waals surface area contributed by atoms with Gasteiger partial charge in [0.15, 0.2) is 0 Å². The number of esters is 1. The molecule has 2 aromatic rings. The van der Waals surface area contributed by atoms with Crippen LogP contribution in [0.25, 0.3) is 0 Å². The fourth-order valence-corrected chi connectivity index (χ4v) is 1.91. The molecule has 0 bridgehead atoms. The van der Waals surface area contributed by atoms with Gasteiger partial charge in [-0.05, 0) is 23.8 Å². The molecule has 0 unspecified atom stereocenters. The monoisotopic (exact) mass is 325 g/mol. The zero-order chi connectivity index (χ0) is 15.4. The summed E-state index contributed by atoms with van der Waals surface area (Å²) in [5.41, 5.74) is 0.479. The fraction of sp³-hybridized carbons (Fsp3) is 0.0714. The highest BCUT2D eigenvalue weighted by Crippen LogP contribution is 2.23. The molecule has 0 radical (unpaired) electrons. The highest BCUT2D eigenvalue weighted by molar-refractivity contribution is 6.33. The van der Waals surface area contributed by atoms with E-state index in [0.717, 1.165) is 11.6 Å². The van der Waals surface area contributed by atoms with Crippen molar-refractivity contribution >= 4 is 34.9 Å². The van der Waals surface area contributed by atoms with Crippen LogP contribution in [0.15, 0.2) is 42.5 Å². The molecule has 0 atom stereocenters. The molecule has 0 aliphatic heterocycles. The van der Waals surface area contributed by atoms with E-state index in [9.17, 15) is 14.9 Å². The van der Waals surface area contributed by atoms with Gasteiger partial charge in [-0.1, -0.05) is 35.3 Å². The summed E-state index contributed by atoms with van der Waals surface area (Å²) >= 11 is 11.6. The topological polar surface area (TPSA) is 69.4 Å². The number of carbonyl (C=O) groups excluding carboxylic acids is 1. The Bertz CT molecular complexity index is 686. The maximum absolute atomic E-state index is 11.9. The highest BCUT2D eigenvalue weighted by Gasteiger charge is 2.17. The molecule has 2 aromatic carbocycles. The Morgan fingerprint density at radius 2 is 1.81 bits per heavy atom. The van der Waals surface area contributed by atoms with Crippen molar-refractivity contribution in [3.8, 4) is 0 Å². The molecule has 5 nitrogen and oxygen atoms in total. The zero-order valence-corrected chi connectivity index (χ0v) is 12.1. The lowest BCUT2D eigenvalue weighted by molar-refractivity contribution is -0.384. The molecular weight excluding hydrogens is 317 g/mol. The number of benzene rings is 2. The predicted octanol–water partition coefficient (Wildman–Crippen LogP) is 4.26. The van der Waals surface area contributed by atoms with Crippen LogP contribution in [0.5, 0.6) is 0 Å². The first-order chi connectivity index (χ1) is 9.97. The average Bonchev–Trinajstić information content (AvgIpc) is 2.46. The van der Waals surface area contributed by atoms with Crippen LogP contribution in [0.3, 0.4) is 0 Å². The molecule has 0 N–H and O–H groups in total. The Balaban J connectivity index is 2.11. The van der Waals surface area contributed by atoms with Crippen molar-refractivity contribution in [3.63, 3.8) is 0 Å². The van der Waals surface area contributed by atoms with E-state index in [0.29, 0.717) is 5.02 Å². The van der Waals surface area contributed by atoms with Crippen molar-refractivity contribution in [1.29, 1.82) is 0 Å². The van der Waals surface area contributed by atoms with Crippen LogP contribution in [-0.2, 0) is 11.3 Å². The van der Waals surface area contributed by atoms with Crippen molar-refractivity contribution < 1.29 is 14.5 Å². The number of rotatable bonds is 4. The lowest BCUT2D eigenvalue weighted by Crippen LogP contribution is -2.06. The summed E-state index contributed by atoms with van der Waals surface area (Å²) in [6.45, 7) is 0.0228. The molecule has 0 saturated carbocycles. The number of hydrogen-bond donors (Lipinski definition) is 0. The maximum Gasteiger partial charge on any atom is 0.340 e. The number of nitro benzene ring substituents is 1. The van der Waals surface area contributed by atoms with Crippen molar-refractivity contribution in [3.05, 3.63) is 73.8 Å². The Labute approximate surface area is 130 Å². The zero-order valence-electron chi connectivity index (χ0n) is 10.6. The third-order valence-corrected chi connectivity index (χ3v) is 3.25. The summed E-state index contributed by atoms with van der Waals surface area (Å²) in [5.74, 6) is -0.723. The van der Waals surface area contributed by atoms with E-state index >= 15 is 0 Å². The molecule has 108 valence electrons. The van der Waals surface area contributed by atoms with Gasteiger partial charge < -0.3 is 4.74 Å². The average molecular weight is 326 g/mol. The van der Waals surface area contributed by atoms with Crippen molar-refractivity contribution in [2.24, 2.45) is 0 Å². The van der Waals surface area contributed by atoms with E-state index in [1.807, 2.05) is 0 Å². The minimum Gasteiger partial charge on any atom is -0.457 e. The van der Waals surface area contributed by atoms with Gasteiger partial charge in [0.05, 0.1) is 15.5 Å². The minimum absolute atomic E-state index is 0.0228. The molecule has 0 heterocycles. The maximum atomic E-state index is 11.9. The Morgan fingerprint density at radius 3 is 2.43 bits per heavy atom. The molecule has 0 spiro atoms.